The van der Waals surface area contributed by atoms with E-state index in [-0.39, 0.29) is 13.0 Å². The summed E-state index contributed by atoms with van der Waals surface area (Å²) in [4.78, 5) is 10.8. The lowest BCUT2D eigenvalue weighted by Crippen LogP contribution is -2.05. The average Bonchev–Trinajstić information content (AvgIpc) is 2.76. The summed E-state index contributed by atoms with van der Waals surface area (Å²) >= 11 is 0. The third-order valence-electron chi connectivity index (χ3n) is 4.86. The summed E-state index contributed by atoms with van der Waals surface area (Å²) in [5.41, 5.74) is 0.0123. The normalized spacial score (nSPS) is 11.7. The van der Waals surface area contributed by atoms with Crippen molar-refractivity contribution in [3.63, 3.8) is 0 Å². The third kappa shape index (κ3) is 6.63. The summed E-state index contributed by atoms with van der Waals surface area (Å²) < 4.78 is 83.1. The summed E-state index contributed by atoms with van der Waals surface area (Å²) in [6.45, 7) is -0.0321. The summed E-state index contributed by atoms with van der Waals surface area (Å²) in [5.74, 6) is -0.557. The zero-order valence-corrected chi connectivity index (χ0v) is 17.5. The van der Waals surface area contributed by atoms with Crippen LogP contribution in [0.25, 0.3) is 5.57 Å². The van der Waals surface area contributed by atoms with E-state index in [0.29, 0.717) is 28.0 Å². The molecule has 0 fully saturated rings. The number of halogens is 6. The minimum atomic E-state index is -4.52. The fraction of sp³-hybridized carbons (Fsp3) is 0.160. The van der Waals surface area contributed by atoms with Crippen molar-refractivity contribution in [3.8, 4) is 5.75 Å². The molecular formula is C25H18F6O3. The van der Waals surface area contributed by atoms with Gasteiger partial charge in [-0.25, -0.2) is 0 Å². The maximum atomic E-state index is 12.9. The Labute approximate surface area is 190 Å². The molecule has 0 saturated heterocycles. The maximum Gasteiger partial charge on any atom is 0.416 e. The van der Waals surface area contributed by atoms with E-state index >= 15 is 0 Å². The number of carbonyl (C=O) groups is 1. The van der Waals surface area contributed by atoms with E-state index in [9.17, 15) is 31.1 Å². The quantitative estimate of drug-likeness (QED) is 0.376. The second-order valence-corrected chi connectivity index (χ2v) is 7.29. The lowest BCUT2D eigenvalue weighted by Gasteiger charge is -2.13. The van der Waals surface area contributed by atoms with E-state index in [1.54, 1.807) is 30.3 Å². The van der Waals surface area contributed by atoms with Crippen molar-refractivity contribution >= 4 is 11.5 Å². The van der Waals surface area contributed by atoms with Crippen LogP contribution in [-0.4, -0.2) is 17.7 Å². The SMILES string of the molecule is O=C(O)Cc1ccc(OCC=C(c2ccc(C(F)(F)F)cc2)c2ccc(C(F)(F)F)cc2)cc1. The molecule has 0 aliphatic heterocycles. The van der Waals surface area contributed by atoms with Crippen LogP contribution in [0.2, 0.25) is 0 Å². The van der Waals surface area contributed by atoms with E-state index in [1.165, 1.54) is 24.3 Å². The van der Waals surface area contributed by atoms with Crippen LogP contribution in [0, 0.1) is 0 Å². The van der Waals surface area contributed by atoms with Gasteiger partial charge in [0.15, 0.2) is 0 Å². The van der Waals surface area contributed by atoms with Gasteiger partial charge in [0.1, 0.15) is 12.4 Å². The number of aliphatic carboxylic acids is 1. The van der Waals surface area contributed by atoms with Crippen LogP contribution in [0.4, 0.5) is 26.3 Å². The molecule has 34 heavy (non-hydrogen) atoms. The van der Waals surface area contributed by atoms with Crippen molar-refractivity contribution in [1.82, 2.24) is 0 Å². The van der Waals surface area contributed by atoms with Crippen LogP contribution in [0.15, 0.2) is 78.9 Å². The molecule has 3 aromatic rings. The number of benzene rings is 3. The van der Waals surface area contributed by atoms with Gasteiger partial charge in [-0.2, -0.15) is 26.3 Å². The minimum absolute atomic E-state index is 0.0321. The number of rotatable bonds is 7. The van der Waals surface area contributed by atoms with Gasteiger partial charge in [0, 0.05) is 0 Å². The van der Waals surface area contributed by atoms with E-state index in [4.69, 9.17) is 9.84 Å². The molecule has 3 nitrogen and oxygen atoms in total. The molecule has 0 aromatic heterocycles. The molecule has 0 radical (unpaired) electrons. The van der Waals surface area contributed by atoms with E-state index in [2.05, 4.69) is 0 Å². The van der Waals surface area contributed by atoms with Crippen LogP contribution in [0.5, 0.6) is 5.75 Å². The first-order valence-corrected chi connectivity index (χ1v) is 9.92. The van der Waals surface area contributed by atoms with Gasteiger partial charge in [0.2, 0.25) is 0 Å². The highest BCUT2D eigenvalue weighted by molar-refractivity contribution is 5.80. The molecule has 9 heteroatoms. The molecule has 3 rings (SSSR count). The monoisotopic (exact) mass is 480 g/mol. The Morgan fingerprint density at radius 3 is 1.56 bits per heavy atom. The number of carboxylic acids is 1. The van der Waals surface area contributed by atoms with Crippen molar-refractivity contribution in [2.45, 2.75) is 18.8 Å². The van der Waals surface area contributed by atoms with E-state index in [1.807, 2.05) is 0 Å². The first kappa shape index (κ1) is 24.9. The zero-order valence-electron chi connectivity index (χ0n) is 17.5. The molecule has 0 unspecified atom stereocenters. The maximum absolute atomic E-state index is 12.9. The van der Waals surface area contributed by atoms with Gasteiger partial charge in [0.05, 0.1) is 17.5 Å². The standard InChI is InChI=1S/C25H18F6O3/c26-24(27,28)19-7-3-17(4-8-19)22(18-5-9-20(10-6-18)25(29,30)31)13-14-34-21-11-1-16(2-12-21)15-23(32)33/h1-13H,14-15H2,(H,32,33). The molecule has 178 valence electrons. The summed E-state index contributed by atoms with van der Waals surface area (Å²) in [6.07, 6.45) is -7.64. The number of ether oxygens (including phenoxy) is 1. The molecule has 0 amide bonds. The molecular weight excluding hydrogens is 462 g/mol. The Morgan fingerprint density at radius 2 is 1.18 bits per heavy atom. The molecule has 1 N–H and O–H groups in total. The Bertz CT molecular complexity index is 1080. The predicted octanol–water partition coefficient (Wildman–Crippen LogP) is 6.86. The number of hydrogen-bond acceptors (Lipinski definition) is 2. The van der Waals surface area contributed by atoms with Crippen molar-refractivity contribution in [1.29, 1.82) is 0 Å². The first-order valence-electron chi connectivity index (χ1n) is 9.92. The van der Waals surface area contributed by atoms with Crippen LogP contribution in [0.1, 0.15) is 27.8 Å². The highest BCUT2D eigenvalue weighted by atomic mass is 19.4. The highest BCUT2D eigenvalue weighted by Gasteiger charge is 2.31. The van der Waals surface area contributed by atoms with Crippen LogP contribution >= 0.6 is 0 Å². The van der Waals surface area contributed by atoms with Crippen LogP contribution in [0.3, 0.4) is 0 Å². The number of hydrogen-bond donors (Lipinski definition) is 1. The average molecular weight is 480 g/mol. The van der Waals surface area contributed by atoms with E-state index < -0.39 is 29.4 Å². The minimum Gasteiger partial charge on any atom is -0.490 e. The van der Waals surface area contributed by atoms with Crippen molar-refractivity contribution in [2.75, 3.05) is 6.61 Å². The second-order valence-electron chi connectivity index (χ2n) is 7.29. The van der Waals surface area contributed by atoms with Crippen LogP contribution in [-0.2, 0) is 23.6 Å². The molecule has 0 atom stereocenters. The Kier molecular flexibility index (Phi) is 7.34. The van der Waals surface area contributed by atoms with Crippen molar-refractivity contribution in [3.05, 3.63) is 107 Å². The highest BCUT2D eigenvalue weighted by Crippen LogP contribution is 2.33. The molecule has 0 heterocycles. The van der Waals surface area contributed by atoms with E-state index in [0.717, 1.165) is 24.3 Å². The van der Waals surface area contributed by atoms with Gasteiger partial charge in [-0.1, -0.05) is 36.4 Å². The molecule has 0 bridgehead atoms. The predicted molar refractivity (Wildman–Crippen MR) is 113 cm³/mol. The van der Waals surface area contributed by atoms with Crippen LogP contribution < -0.4 is 4.74 Å². The molecule has 0 aliphatic rings. The lowest BCUT2D eigenvalue weighted by atomic mass is 9.95. The Balaban J connectivity index is 1.86. The first-order chi connectivity index (χ1) is 15.9. The topological polar surface area (TPSA) is 46.5 Å². The second kappa shape index (κ2) is 10.0. The number of alkyl halides is 6. The Morgan fingerprint density at radius 1 is 0.735 bits per heavy atom. The molecule has 0 spiro atoms. The summed E-state index contributed by atoms with van der Waals surface area (Å²) in [5, 5.41) is 8.81. The van der Waals surface area contributed by atoms with Gasteiger partial charge in [-0.05, 0) is 64.7 Å². The molecule has 0 aliphatic carbocycles. The van der Waals surface area contributed by atoms with Crippen molar-refractivity contribution < 1.29 is 41.0 Å². The summed E-state index contributed by atoms with van der Waals surface area (Å²) in [6, 6.07) is 14.9. The largest absolute Gasteiger partial charge is 0.490 e. The number of carboxylic acid groups (broad SMARTS) is 1. The summed E-state index contributed by atoms with van der Waals surface area (Å²) in [7, 11) is 0. The fourth-order valence-corrected chi connectivity index (χ4v) is 3.18. The molecule has 0 saturated carbocycles. The Hall–Kier alpha value is -3.75. The van der Waals surface area contributed by atoms with Crippen molar-refractivity contribution in [2.24, 2.45) is 0 Å². The van der Waals surface area contributed by atoms with Gasteiger partial charge in [-0.3, -0.25) is 4.79 Å². The lowest BCUT2D eigenvalue weighted by molar-refractivity contribution is -0.138. The zero-order chi connectivity index (χ0) is 24.9. The van der Waals surface area contributed by atoms with Gasteiger partial charge < -0.3 is 9.84 Å². The fourth-order valence-electron chi connectivity index (χ4n) is 3.18. The van der Waals surface area contributed by atoms with Gasteiger partial charge in [-0.15, -0.1) is 0 Å². The van der Waals surface area contributed by atoms with Gasteiger partial charge >= 0.3 is 18.3 Å². The smallest absolute Gasteiger partial charge is 0.416 e. The van der Waals surface area contributed by atoms with Gasteiger partial charge in [0.25, 0.3) is 0 Å². The third-order valence-corrected chi connectivity index (χ3v) is 4.86. The molecule has 3 aromatic carbocycles.